The van der Waals surface area contributed by atoms with Gasteiger partial charge in [0.2, 0.25) is 5.91 Å². The van der Waals surface area contributed by atoms with Gasteiger partial charge in [0, 0.05) is 28.3 Å². The molecule has 0 unspecified atom stereocenters. The Hall–Kier alpha value is -4.97. The Morgan fingerprint density at radius 3 is 2.17 bits per heavy atom. The van der Waals surface area contributed by atoms with E-state index in [0.717, 1.165) is 27.6 Å². The largest absolute Gasteiger partial charge is 0.366 e. The number of aromatic nitrogens is 2. The fourth-order valence-electron chi connectivity index (χ4n) is 3.93. The van der Waals surface area contributed by atoms with Crippen molar-refractivity contribution in [3.63, 3.8) is 0 Å². The zero-order chi connectivity index (χ0) is 24.2. The zero-order valence-electron chi connectivity index (χ0n) is 18.7. The van der Waals surface area contributed by atoms with Crippen LogP contribution < -0.4 is 11.1 Å². The van der Waals surface area contributed by atoms with E-state index in [1.807, 2.05) is 78.9 Å². The quantitative estimate of drug-likeness (QED) is 0.293. The first-order valence-corrected chi connectivity index (χ1v) is 11.1. The lowest BCUT2D eigenvalue weighted by Crippen LogP contribution is -2.12. The van der Waals surface area contributed by atoms with E-state index < -0.39 is 5.91 Å². The molecule has 170 valence electrons. The van der Waals surface area contributed by atoms with Crippen LogP contribution in [0, 0.1) is 0 Å². The molecule has 6 nitrogen and oxygen atoms in total. The van der Waals surface area contributed by atoms with Crippen LogP contribution in [0.5, 0.6) is 0 Å². The minimum atomic E-state index is -0.526. The Bertz CT molecular complexity index is 1540. The number of benzene rings is 3. The third-order valence-corrected chi connectivity index (χ3v) is 5.73. The van der Waals surface area contributed by atoms with Crippen LogP contribution in [-0.2, 0) is 4.79 Å². The molecule has 0 fully saturated rings. The monoisotopic (exact) mass is 458 g/mol. The molecule has 0 saturated heterocycles. The second kappa shape index (κ2) is 9.49. The summed E-state index contributed by atoms with van der Waals surface area (Å²) in [6.07, 6.45) is 5.08. The molecule has 0 atom stereocenters. The van der Waals surface area contributed by atoms with E-state index in [1.54, 1.807) is 30.6 Å². The number of nitrogens with one attached hydrogen (secondary N) is 2. The van der Waals surface area contributed by atoms with Gasteiger partial charge >= 0.3 is 0 Å². The third-order valence-electron chi connectivity index (χ3n) is 5.73. The summed E-state index contributed by atoms with van der Waals surface area (Å²) in [6, 6.07) is 28.5. The number of rotatable bonds is 6. The Morgan fingerprint density at radius 2 is 1.49 bits per heavy atom. The molecule has 0 bridgehead atoms. The first kappa shape index (κ1) is 21.9. The van der Waals surface area contributed by atoms with Gasteiger partial charge in [0.15, 0.2) is 0 Å². The first-order valence-electron chi connectivity index (χ1n) is 11.1. The van der Waals surface area contributed by atoms with Crippen molar-refractivity contribution in [2.45, 2.75) is 0 Å². The standard InChI is InChI=1S/C29H22N4O2/c30-27(34)25(21-9-5-2-6-10-21)15-23-17-31-28-26(23)16-24(18-32-28)33-29(35)22-13-11-20(12-14-22)19-7-3-1-4-8-19/h1-18H,(H2,30,34)(H,31,32)(H,33,35). The lowest BCUT2D eigenvalue weighted by Gasteiger charge is -2.07. The maximum atomic E-state index is 12.9. The highest BCUT2D eigenvalue weighted by Crippen LogP contribution is 2.26. The summed E-state index contributed by atoms with van der Waals surface area (Å²) < 4.78 is 0. The van der Waals surface area contributed by atoms with Crippen molar-refractivity contribution in [2.24, 2.45) is 5.73 Å². The summed E-state index contributed by atoms with van der Waals surface area (Å²) in [5, 5.41) is 3.67. The van der Waals surface area contributed by atoms with E-state index in [9.17, 15) is 9.59 Å². The molecule has 2 heterocycles. The zero-order valence-corrected chi connectivity index (χ0v) is 18.7. The first-order chi connectivity index (χ1) is 17.1. The van der Waals surface area contributed by atoms with Crippen LogP contribution in [-0.4, -0.2) is 21.8 Å². The van der Waals surface area contributed by atoms with Gasteiger partial charge in [-0.2, -0.15) is 0 Å². The van der Waals surface area contributed by atoms with E-state index in [0.29, 0.717) is 22.5 Å². The average molecular weight is 459 g/mol. The molecule has 6 heteroatoms. The minimum absolute atomic E-state index is 0.236. The summed E-state index contributed by atoms with van der Waals surface area (Å²) in [7, 11) is 0. The number of amides is 2. The third kappa shape index (κ3) is 4.72. The lowest BCUT2D eigenvalue weighted by atomic mass is 10.0. The molecular formula is C29H22N4O2. The number of hydrogen-bond donors (Lipinski definition) is 3. The molecule has 0 saturated carbocycles. The summed E-state index contributed by atoms with van der Waals surface area (Å²) in [4.78, 5) is 32.5. The van der Waals surface area contributed by atoms with Crippen LogP contribution in [0.1, 0.15) is 21.5 Å². The number of fused-ring (bicyclic) bond motifs is 1. The van der Waals surface area contributed by atoms with Crippen molar-refractivity contribution in [2.75, 3.05) is 5.32 Å². The summed E-state index contributed by atoms with van der Waals surface area (Å²) in [5.74, 6) is -0.762. The molecular weight excluding hydrogens is 436 g/mol. The van der Waals surface area contributed by atoms with Gasteiger partial charge in [-0.15, -0.1) is 0 Å². The number of carbonyl (C=O) groups excluding carboxylic acids is 2. The highest BCUT2D eigenvalue weighted by atomic mass is 16.2. The van der Waals surface area contributed by atoms with Gasteiger partial charge in [0.05, 0.1) is 11.9 Å². The van der Waals surface area contributed by atoms with Crippen LogP contribution in [0.25, 0.3) is 33.8 Å². The average Bonchev–Trinajstić information content (AvgIpc) is 3.30. The van der Waals surface area contributed by atoms with Gasteiger partial charge < -0.3 is 16.0 Å². The number of nitrogens with two attached hydrogens (primary N) is 1. The van der Waals surface area contributed by atoms with Crippen LogP contribution in [0.2, 0.25) is 0 Å². The predicted molar refractivity (Wildman–Crippen MR) is 139 cm³/mol. The molecule has 5 rings (SSSR count). The topological polar surface area (TPSA) is 101 Å². The van der Waals surface area contributed by atoms with Crippen molar-refractivity contribution < 1.29 is 9.59 Å². The number of H-pyrrole nitrogens is 1. The highest BCUT2D eigenvalue weighted by Gasteiger charge is 2.12. The van der Waals surface area contributed by atoms with E-state index in [-0.39, 0.29) is 5.91 Å². The van der Waals surface area contributed by atoms with Gasteiger partial charge in [0.1, 0.15) is 5.65 Å². The van der Waals surface area contributed by atoms with Crippen molar-refractivity contribution >= 4 is 40.2 Å². The number of primary amides is 1. The predicted octanol–water partition coefficient (Wildman–Crippen LogP) is 5.51. The number of hydrogen-bond acceptors (Lipinski definition) is 3. The second-order valence-corrected chi connectivity index (χ2v) is 8.05. The van der Waals surface area contributed by atoms with Crippen LogP contribution in [0.3, 0.4) is 0 Å². The van der Waals surface area contributed by atoms with Crippen LogP contribution >= 0.6 is 0 Å². The van der Waals surface area contributed by atoms with Crippen molar-refractivity contribution in [1.29, 1.82) is 0 Å². The lowest BCUT2D eigenvalue weighted by molar-refractivity contribution is -0.112. The SMILES string of the molecule is NC(=O)C(=Cc1c[nH]c2ncc(NC(=O)c3ccc(-c4ccccc4)cc3)cc12)c1ccccc1. The van der Waals surface area contributed by atoms with Crippen LogP contribution in [0.4, 0.5) is 5.69 Å². The Morgan fingerprint density at radius 1 is 0.829 bits per heavy atom. The molecule has 0 aliphatic heterocycles. The molecule has 4 N–H and O–H groups in total. The van der Waals surface area contributed by atoms with Gasteiger partial charge in [0.25, 0.3) is 5.91 Å². The maximum Gasteiger partial charge on any atom is 0.255 e. The number of pyridine rings is 1. The molecule has 35 heavy (non-hydrogen) atoms. The van der Waals surface area contributed by atoms with Crippen LogP contribution in [0.15, 0.2) is 103 Å². The summed E-state index contributed by atoms with van der Waals surface area (Å²) in [5.41, 5.74) is 11.4. The van der Waals surface area contributed by atoms with Crippen molar-refractivity contribution in [1.82, 2.24) is 9.97 Å². The van der Waals surface area contributed by atoms with Gasteiger partial charge in [-0.05, 0) is 41.0 Å². The Balaban J connectivity index is 1.41. The normalized spacial score (nSPS) is 11.4. The van der Waals surface area contributed by atoms with Crippen molar-refractivity contribution in [3.8, 4) is 11.1 Å². The molecule has 0 radical (unpaired) electrons. The van der Waals surface area contributed by atoms with E-state index >= 15 is 0 Å². The summed E-state index contributed by atoms with van der Waals surface area (Å²) >= 11 is 0. The van der Waals surface area contributed by atoms with E-state index in [2.05, 4.69) is 15.3 Å². The second-order valence-electron chi connectivity index (χ2n) is 8.05. The molecule has 3 aromatic carbocycles. The Kier molecular flexibility index (Phi) is 5.92. The molecule has 0 aliphatic rings. The smallest absolute Gasteiger partial charge is 0.255 e. The summed E-state index contributed by atoms with van der Waals surface area (Å²) in [6.45, 7) is 0. The van der Waals surface area contributed by atoms with Gasteiger partial charge in [-0.1, -0.05) is 72.8 Å². The fourth-order valence-corrected chi connectivity index (χ4v) is 3.93. The van der Waals surface area contributed by atoms with Gasteiger partial charge in [-0.3, -0.25) is 9.59 Å². The van der Waals surface area contributed by atoms with Gasteiger partial charge in [-0.25, -0.2) is 4.98 Å². The van der Waals surface area contributed by atoms with E-state index in [4.69, 9.17) is 5.73 Å². The molecule has 0 aliphatic carbocycles. The highest BCUT2D eigenvalue weighted by molar-refractivity contribution is 6.24. The fraction of sp³-hybridized carbons (Fsp3) is 0. The molecule has 5 aromatic rings. The Labute approximate surface area is 202 Å². The molecule has 0 spiro atoms. The van der Waals surface area contributed by atoms with E-state index in [1.165, 1.54) is 0 Å². The van der Waals surface area contributed by atoms with Crippen molar-refractivity contribution in [3.05, 3.63) is 120 Å². The minimum Gasteiger partial charge on any atom is -0.366 e. The number of nitrogens with zero attached hydrogens (tertiary/aromatic N) is 1. The molecule has 2 amide bonds. The molecule has 2 aromatic heterocycles. The maximum absolute atomic E-state index is 12.9. The number of carbonyl (C=O) groups is 2. The number of anilines is 1. The number of aromatic amines is 1.